The number of ether oxygens (including phenoxy) is 1. The van der Waals surface area contributed by atoms with E-state index in [1.807, 2.05) is 0 Å². The van der Waals surface area contributed by atoms with Gasteiger partial charge in [0.05, 0.1) is 5.60 Å². The van der Waals surface area contributed by atoms with E-state index < -0.39 is 0 Å². The fourth-order valence-electron chi connectivity index (χ4n) is 3.54. The average molecular weight is 306 g/mol. The lowest BCUT2D eigenvalue weighted by Gasteiger charge is -2.46. The quantitative estimate of drug-likeness (QED) is 0.931. The average Bonchev–Trinajstić information content (AvgIpc) is 2.55. The molecule has 2 fully saturated rings. The molecule has 0 radical (unpaired) electrons. The van der Waals surface area contributed by atoms with Gasteiger partial charge in [-0.1, -0.05) is 12.1 Å². The summed E-state index contributed by atoms with van der Waals surface area (Å²) in [7, 11) is 2.22. The molecule has 1 atom stereocenters. The van der Waals surface area contributed by atoms with E-state index in [0.717, 1.165) is 19.4 Å². The second kappa shape index (κ2) is 6.59. The lowest BCUT2D eigenvalue weighted by Crippen LogP contribution is -2.49. The zero-order valence-corrected chi connectivity index (χ0v) is 13.7. The maximum atomic E-state index is 6.21. The van der Waals surface area contributed by atoms with Crippen molar-refractivity contribution in [2.24, 2.45) is 5.73 Å². The van der Waals surface area contributed by atoms with E-state index in [0.29, 0.717) is 12.6 Å². The van der Waals surface area contributed by atoms with Crippen LogP contribution in [0, 0.1) is 0 Å². The number of rotatable bonds is 3. The van der Waals surface area contributed by atoms with Gasteiger partial charge in [-0.3, -0.25) is 0 Å². The van der Waals surface area contributed by atoms with Crippen LogP contribution in [0.2, 0.25) is 0 Å². The van der Waals surface area contributed by atoms with E-state index in [2.05, 4.69) is 48.0 Å². The van der Waals surface area contributed by atoms with Crippen molar-refractivity contribution in [1.29, 1.82) is 0 Å². The molecule has 4 heteroatoms. The normalized spacial score (nSPS) is 25.0. The highest BCUT2D eigenvalue weighted by molar-refractivity contribution is 7.99. The molecular weight excluding hydrogens is 280 g/mol. The highest BCUT2D eigenvalue weighted by Gasteiger charge is 2.39. The summed E-state index contributed by atoms with van der Waals surface area (Å²) in [5.74, 6) is 2.50. The molecule has 21 heavy (non-hydrogen) atoms. The number of nitrogens with zero attached hydrogens (tertiary/aromatic N) is 1. The number of anilines is 1. The zero-order chi connectivity index (χ0) is 14.7. The van der Waals surface area contributed by atoms with Gasteiger partial charge in [-0.05, 0) is 54.9 Å². The summed E-state index contributed by atoms with van der Waals surface area (Å²) in [6.07, 6.45) is 4.71. The molecule has 1 spiro atoms. The first-order valence-electron chi connectivity index (χ1n) is 7.96. The van der Waals surface area contributed by atoms with Crippen molar-refractivity contribution in [3.8, 4) is 0 Å². The van der Waals surface area contributed by atoms with E-state index in [1.165, 1.54) is 35.6 Å². The summed E-state index contributed by atoms with van der Waals surface area (Å²) in [6, 6.07) is 9.20. The zero-order valence-electron chi connectivity index (χ0n) is 12.9. The number of nitrogens with two attached hydrogens (primary N) is 1. The van der Waals surface area contributed by atoms with Crippen molar-refractivity contribution < 1.29 is 4.74 Å². The van der Waals surface area contributed by atoms with Gasteiger partial charge in [0.1, 0.15) is 0 Å². The van der Waals surface area contributed by atoms with Crippen molar-refractivity contribution in [2.75, 3.05) is 30.1 Å². The fraction of sp³-hybridized carbons (Fsp3) is 0.647. The van der Waals surface area contributed by atoms with Gasteiger partial charge < -0.3 is 15.4 Å². The van der Waals surface area contributed by atoms with Crippen LogP contribution < -0.4 is 10.6 Å². The SMILES string of the molecule is CN(c1cccc(CN)c1)C1CCOC2(CCSCC2)C1. The number of benzene rings is 1. The van der Waals surface area contributed by atoms with E-state index in [4.69, 9.17) is 10.5 Å². The Hall–Kier alpha value is -0.710. The third-order valence-corrected chi connectivity index (χ3v) is 5.96. The second-order valence-electron chi connectivity index (χ2n) is 6.28. The van der Waals surface area contributed by atoms with Gasteiger partial charge in [-0.25, -0.2) is 0 Å². The molecule has 0 amide bonds. The van der Waals surface area contributed by atoms with Crippen LogP contribution in [0.15, 0.2) is 24.3 Å². The molecule has 0 saturated carbocycles. The molecule has 116 valence electrons. The molecule has 2 saturated heterocycles. The van der Waals surface area contributed by atoms with Crippen LogP contribution in [0.1, 0.15) is 31.2 Å². The fourth-order valence-corrected chi connectivity index (χ4v) is 4.77. The van der Waals surface area contributed by atoms with Crippen LogP contribution in [-0.4, -0.2) is 36.8 Å². The Morgan fingerprint density at radius 1 is 1.38 bits per heavy atom. The first-order chi connectivity index (χ1) is 10.2. The van der Waals surface area contributed by atoms with Crippen molar-refractivity contribution in [3.05, 3.63) is 29.8 Å². The summed E-state index contributed by atoms with van der Waals surface area (Å²) in [4.78, 5) is 2.44. The molecule has 3 nitrogen and oxygen atoms in total. The Labute approximate surface area is 132 Å². The summed E-state index contributed by atoms with van der Waals surface area (Å²) in [5, 5.41) is 0. The van der Waals surface area contributed by atoms with Crippen LogP contribution in [-0.2, 0) is 11.3 Å². The molecule has 1 unspecified atom stereocenters. The van der Waals surface area contributed by atoms with Gasteiger partial charge in [0, 0.05) is 31.9 Å². The summed E-state index contributed by atoms with van der Waals surface area (Å²) < 4.78 is 6.21. The maximum absolute atomic E-state index is 6.21. The van der Waals surface area contributed by atoms with Crippen molar-refractivity contribution in [3.63, 3.8) is 0 Å². The molecule has 2 N–H and O–H groups in total. The van der Waals surface area contributed by atoms with Gasteiger partial charge in [-0.15, -0.1) is 0 Å². The molecule has 0 aromatic heterocycles. The summed E-state index contributed by atoms with van der Waals surface area (Å²) in [6.45, 7) is 1.51. The van der Waals surface area contributed by atoms with Crippen molar-refractivity contribution >= 4 is 17.4 Å². The third kappa shape index (κ3) is 3.38. The molecule has 2 aliphatic heterocycles. The molecule has 0 aliphatic carbocycles. The predicted molar refractivity (Wildman–Crippen MR) is 91.0 cm³/mol. The molecule has 1 aromatic rings. The van der Waals surface area contributed by atoms with Gasteiger partial charge in [0.25, 0.3) is 0 Å². The standard InChI is InChI=1S/C17H26N2OS/c1-19(15-4-2-3-14(11-15)13-18)16-5-8-20-17(12-16)6-9-21-10-7-17/h2-4,11,16H,5-10,12-13,18H2,1H3. The minimum absolute atomic E-state index is 0.147. The highest BCUT2D eigenvalue weighted by atomic mass is 32.2. The molecule has 2 aliphatic rings. The Balaban J connectivity index is 1.72. The van der Waals surface area contributed by atoms with E-state index >= 15 is 0 Å². The van der Waals surface area contributed by atoms with Gasteiger partial charge in [0.2, 0.25) is 0 Å². The maximum Gasteiger partial charge on any atom is 0.0717 e. The van der Waals surface area contributed by atoms with Gasteiger partial charge in [-0.2, -0.15) is 11.8 Å². The number of hydrogen-bond donors (Lipinski definition) is 1. The van der Waals surface area contributed by atoms with E-state index in [9.17, 15) is 0 Å². The van der Waals surface area contributed by atoms with Crippen LogP contribution in [0.25, 0.3) is 0 Å². The van der Waals surface area contributed by atoms with Crippen molar-refractivity contribution in [2.45, 2.75) is 43.9 Å². The Kier molecular flexibility index (Phi) is 4.77. The van der Waals surface area contributed by atoms with Crippen LogP contribution in [0.4, 0.5) is 5.69 Å². The predicted octanol–water partition coefficient (Wildman–Crippen LogP) is 3.03. The smallest absolute Gasteiger partial charge is 0.0717 e. The van der Waals surface area contributed by atoms with Crippen LogP contribution in [0.3, 0.4) is 0 Å². The molecule has 2 heterocycles. The molecule has 1 aromatic carbocycles. The monoisotopic (exact) mass is 306 g/mol. The Bertz CT molecular complexity index is 468. The van der Waals surface area contributed by atoms with Crippen molar-refractivity contribution in [1.82, 2.24) is 0 Å². The van der Waals surface area contributed by atoms with Crippen LogP contribution in [0.5, 0.6) is 0 Å². The van der Waals surface area contributed by atoms with E-state index in [1.54, 1.807) is 0 Å². The minimum atomic E-state index is 0.147. The lowest BCUT2D eigenvalue weighted by molar-refractivity contribution is -0.0892. The number of thioether (sulfide) groups is 1. The minimum Gasteiger partial charge on any atom is -0.375 e. The molecule has 0 bridgehead atoms. The molecule has 3 rings (SSSR count). The largest absolute Gasteiger partial charge is 0.375 e. The highest BCUT2D eigenvalue weighted by Crippen LogP contribution is 2.39. The van der Waals surface area contributed by atoms with Gasteiger partial charge >= 0.3 is 0 Å². The summed E-state index contributed by atoms with van der Waals surface area (Å²) >= 11 is 2.07. The molecular formula is C17H26N2OS. The lowest BCUT2D eigenvalue weighted by atomic mass is 9.85. The topological polar surface area (TPSA) is 38.5 Å². The first-order valence-corrected chi connectivity index (χ1v) is 9.11. The first kappa shape index (κ1) is 15.2. The number of hydrogen-bond acceptors (Lipinski definition) is 4. The Morgan fingerprint density at radius 2 is 2.19 bits per heavy atom. The van der Waals surface area contributed by atoms with Crippen LogP contribution >= 0.6 is 11.8 Å². The van der Waals surface area contributed by atoms with Gasteiger partial charge in [0.15, 0.2) is 0 Å². The Morgan fingerprint density at radius 3 is 2.95 bits per heavy atom. The summed E-state index contributed by atoms with van der Waals surface area (Å²) in [5.41, 5.74) is 8.40. The van der Waals surface area contributed by atoms with E-state index in [-0.39, 0.29) is 5.60 Å². The second-order valence-corrected chi connectivity index (χ2v) is 7.50. The third-order valence-electron chi connectivity index (χ3n) is 4.97.